The second-order valence-corrected chi connectivity index (χ2v) is 5.23. The molecule has 0 bridgehead atoms. The quantitative estimate of drug-likeness (QED) is 0.838. The van der Waals surface area contributed by atoms with E-state index in [9.17, 15) is 9.59 Å². The number of benzene rings is 1. The van der Waals surface area contributed by atoms with Gasteiger partial charge in [-0.05, 0) is 37.1 Å². The number of nitrogens with one attached hydrogen (secondary N) is 1. The zero-order valence-corrected chi connectivity index (χ0v) is 13.2. The van der Waals surface area contributed by atoms with E-state index in [4.69, 9.17) is 4.74 Å². The first-order valence-electron chi connectivity index (χ1n) is 7.21. The van der Waals surface area contributed by atoms with Gasteiger partial charge in [-0.15, -0.1) is 0 Å². The topological polar surface area (TPSA) is 58.6 Å². The van der Waals surface area contributed by atoms with Crippen molar-refractivity contribution in [3.8, 4) is 5.75 Å². The van der Waals surface area contributed by atoms with Crippen molar-refractivity contribution in [3.63, 3.8) is 0 Å². The molecule has 5 heteroatoms. The third-order valence-electron chi connectivity index (χ3n) is 2.85. The lowest BCUT2D eigenvalue weighted by Gasteiger charge is -2.21. The second kappa shape index (κ2) is 8.29. The van der Waals surface area contributed by atoms with Crippen LogP contribution in [0.2, 0.25) is 0 Å². The third kappa shape index (κ3) is 5.85. The summed E-state index contributed by atoms with van der Waals surface area (Å²) in [6, 6.07) is 7.14. The summed E-state index contributed by atoms with van der Waals surface area (Å²) in [6.07, 6.45) is 0. The second-order valence-electron chi connectivity index (χ2n) is 5.23. The number of nitrogens with zero attached hydrogens (tertiary/aromatic N) is 1. The third-order valence-corrected chi connectivity index (χ3v) is 2.85. The van der Waals surface area contributed by atoms with Crippen molar-refractivity contribution in [2.24, 2.45) is 5.92 Å². The summed E-state index contributed by atoms with van der Waals surface area (Å²) in [5.41, 5.74) is 0.686. The fourth-order valence-corrected chi connectivity index (χ4v) is 1.79. The van der Waals surface area contributed by atoms with Gasteiger partial charge in [0, 0.05) is 19.2 Å². The fourth-order valence-electron chi connectivity index (χ4n) is 1.79. The van der Waals surface area contributed by atoms with Gasteiger partial charge in [0.1, 0.15) is 12.3 Å². The normalized spacial score (nSPS) is 10.3. The van der Waals surface area contributed by atoms with E-state index in [1.165, 1.54) is 11.8 Å². The highest BCUT2D eigenvalue weighted by atomic mass is 16.5. The van der Waals surface area contributed by atoms with Gasteiger partial charge in [0.25, 0.3) is 0 Å². The molecule has 0 aliphatic rings. The lowest BCUT2D eigenvalue weighted by atomic mass is 10.2. The lowest BCUT2D eigenvalue weighted by molar-refractivity contribution is -0.123. The number of anilines is 1. The molecule has 5 nitrogen and oxygen atoms in total. The molecule has 0 atom stereocenters. The van der Waals surface area contributed by atoms with E-state index in [0.29, 0.717) is 24.8 Å². The van der Waals surface area contributed by atoms with E-state index in [1.54, 1.807) is 24.3 Å². The van der Waals surface area contributed by atoms with E-state index in [1.807, 2.05) is 20.8 Å². The molecule has 0 saturated carbocycles. The summed E-state index contributed by atoms with van der Waals surface area (Å²) in [7, 11) is 0. The predicted molar refractivity (Wildman–Crippen MR) is 83.5 cm³/mol. The van der Waals surface area contributed by atoms with Gasteiger partial charge in [0.2, 0.25) is 11.8 Å². The highest BCUT2D eigenvalue weighted by Gasteiger charge is 2.15. The maximum Gasteiger partial charge on any atom is 0.240 e. The maximum absolute atomic E-state index is 11.9. The van der Waals surface area contributed by atoms with Crippen LogP contribution in [0, 0.1) is 5.92 Å². The Labute approximate surface area is 126 Å². The van der Waals surface area contributed by atoms with Crippen molar-refractivity contribution < 1.29 is 14.3 Å². The molecule has 0 spiro atoms. The number of carbonyl (C=O) groups is 2. The average Bonchev–Trinajstić information content (AvgIpc) is 2.43. The van der Waals surface area contributed by atoms with Crippen LogP contribution in [-0.2, 0) is 9.59 Å². The molecule has 0 fully saturated rings. The molecule has 21 heavy (non-hydrogen) atoms. The van der Waals surface area contributed by atoms with Crippen LogP contribution in [-0.4, -0.2) is 31.5 Å². The molecule has 1 aromatic rings. The summed E-state index contributed by atoms with van der Waals surface area (Å²) in [4.78, 5) is 25.1. The van der Waals surface area contributed by atoms with Crippen molar-refractivity contribution in [1.82, 2.24) is 5.32 Å². The lowest BCUT2D eigenvalue weighted by Crippen LogP contribution is -2.40. The van der Waals surface area contributed by atoms with Crippen LogP contribution in [0.1, 0.15) is 27.7 Å². The summed E-state index contributed by atoms with van der Waals surface area (Å²) >= 11 is 0. The minimum absolute atomic E-state index is 0.0238. The fraction of sp³-hybridized carbons (Fsp3) is 0.500. The van der Waals surface area contributed by atoms with E-state index < -0.39 is 0 Å². The van der Waals surface area contributed by atoms with E-state index in [-0.39, 0.29) is 18.4 Å². The molecule has 1 N–H and O–H groups in total. The molecule has 0 radical (unpaired) electrons. The SMILES string of the molecule is CCOc1ccc(N(CC(=O)NCC(C)C)C(C)=O)cc1. The molecule has 0 aliphatic heterocycles. The first kappa shape index (κ1) is 17.0. The molecule has 0 heterocycles. The van der Waals surface area contributed by atoms with Crippen LogP contribution in [0.4, 0.5) is 5.69 Å². The maximum atomic E-state index is 11.9. The minimum atomic E-state index is -0.168. The Balaban J connectivity index is 2.72. The molecule has 2 amide bonds. The number of rotatable bonds is 7. The predicted octanol–water partition coefficient (Wildman–Crippen LogP) is 2.21. The number of hydrogen-bond acceptors (Lipinski definition) is 3. The van der Waals surface area contributed by atoms with Crippen LogP contribution in [0.5, 0.6) is 5.75 Å². The molecule has 0 aliphatic carbocycles. The zero-order chi connectivity index (χ0) is 15.8. The molecular weight excluding hydrogens is 268 g/mol. The number of ether oxygens (including phenoxy) is 1. The Morgan fingerprint density at radius 3 is 2.33 bits per heavy atom. The molecular formula is C16H24N2O3. The average molecular weight is 292 g/mol. The van der Waals surface area contributed by atoms with E-state index in [2.05, 4.69) is 5.32 Å². The van der Waals surface area contributed by atoms with E-state index >= 15 is 0 Å². The van der Waals surface area contributed by atoms with Gasteiger partial charge >= 0.3 is 0 Å². The Bertz CT molecular complexity index is 469. The van der Waals surface area contributed by atoms with Gasteiger partial charge in [0.05, 0.1) is 6.61 Å². The van der Waals surface area contributed by atoms with Crippen LogP contribution in [0.25, 0.3) is 0 Å². The van der Waals surface area contributed by atoms with Crippen LogP contribution in [0.15, 0.2) is 24.3 Å². The summed E-state index contributed by atoms with van der Waals surface area (Å²) in [6.45, 7) is 8.63. The standard InChI is InChI=1S/C16H24N2O3/c1-5-21-15-8-6-14(7-9-15)18(13(4)19)11-16(20)17-10-12(2)3/h6-9,12H,5,10-11H2,1-4H3,(H,17,20). The Morgan fingerprint density at radius 1 is 1.24 bits per heavy atom. The van der Waals surface area contributed by atoms with Gasteiger partial charge in [-0.1, -0.05) is 13.8 Å². The minimum Gasteiger partial charge on any atom is -0.494 e. The zero-order valence-electron chi connectivity index (χ0n) is 13.2. The Hall–Kier alpha value is -2.04. The van der Waals surface area contributed by atoms with E-state index in [0.717, 1.165) is 5.75 Å². The molecule has 0 unspecified atom stereocenters. The number of hydrogen-bond donors (Lipinski definition) is 1. The first-order valence-corrected chi connectivity index (χ1v) is 7.21. The number of carbonyl (C=O) groups excluding carboxylic acids is 2. The molecule has 116 valence electrons. The summed E-state index contributed by atoms with van der Waals surface area (Å²) in [5, 5.41) is 2.81. The van der Waals surface area contributed by atoms with Crippen molar-refractivity contribution in [1.29, 1.82) is 0 Å². The van der Waals surface area contributed by atoms with Crippen molar-refractivity contribution in [2.45, 2.75) is 27.7 Å². The first-order chi connectivity index (χ1) is 9.93. The molecule has 0 saturated heterocycles. The summed E-state index contributed by atoms with van der Waals surface area (Å²) < 4.78 is 5.36. The van der Waals surface area contributed by atoms with Gasteiger partial charge in [-0.2, -0.15) is 0 Å². The van der Waals surface area contributed by atoms with Gasteiger partial charge in [-0.25, -0.2) is 0 Å². The largest absolute Gasteiger partial charge is 0.494 e. The Morgan fingerprint density at radius 2 is 1.86 bits per heavy atom. The van der Waals surface area contributed by atoms with Crippen LogP contribution in [0.3, 0.4) is 0 Å². The smallest absolute Gasteiger partial charge is 0.240 e. The van der Waals surface area contributed by atoms with Crippen LogP contribution >= 0.6 is 0 Å². The molecule has 1 rings (SSSR count). The van der Waals surface area contributed by atoms with Gasteiger partial charge < -0.3 is 15.0 Å². The highest BCUT2D eigenvalue weighted by molar-refractivity contribution is 5.97. The van der Waals surface area contributed by atoms with Crippen molar-refractivity contribution in [2.75, 3.05) is 24.6 Å². The monoisotopic (exact) mass is 292 g/mol. The highest BCUT2D eigenvalue weighted by Crippen LogP contribution is 2.19. The summed E-state index contributed by atoms with van der Waals surface area (Å²) in [5.74, 6) is 0.797. The van der Waals surface area contributed by atoms with Crippen molar-refractivity contribution >= 4 is 17.5 Å². The van der Waals surface area contributed by atoms with Gasteiger partial charge in [-0.3, -0.25) is 9.59 Å². The van der Waals surface area contributed by atoms with Crippen molar-refractivity contribution in [3.05, 3.63) is 24.3 Å². The number of amides is 2. The van der Waals surface area contributed by atoms with Gasteiger partial charge in [0.15, 0.2) is 0 Å². The van der Waals surface area contributed by atoms with Crippen LogP contribution < -0.4 is 15.0 Å². The molecule has 0 aromatic heterocycles. The Kier molecular flexibility index (Phi) is 6.72. The molecule has 1 aromatic carbocycles.